The second-order valence-corrected chi connectivity index (χ2v) is 4.07. The number of rotatable bonds is 3. The Morgan fingerprint density at radius 1 is 1.29 bits per heavy atom. The molecule has 0 spiro atoms. The summed E-state index contributed by atoms with van der Waals surface area (Å²) in [6, 6.07) is 6.51. The van der Waals surface area contributed by atoms with E-state index in [-0.39, 0.29) is 25.5 Å². The number of ether oxygens (including phenoxy) is 1. The van der Waals surface area contributed by atoms with Gasteiger partial charge in [0.1, 0.15) is 5.75 Å². The molecule has 1 aromatic carbocycles. The summed E-state index contributed by atoms with van der Waals surface area (Å²) < 4.78 is 4.86. The maximum Gasteiger partial charge on any atom is 1.00 e. The molecule has 0 radical (unpaired) electrons. The predicted molar refractivity (Wildman–Crippen MR) is 64.8 cm³/mol. The molecular weight excluding hydrogens is 235 g/mol. The number of halogens is 1. The summed E-state index contributed by atoms with van der Waals surface area (Å²) >= 11 is 5.60. The zero-order valence-corrected chi connectivity index (χ0v) is 11.4. The second kappa shape index (κ2) is 10.5. The summed E-state index contributed by atoms with van der Waals surface area (Å²) in [6.45, 7) is 5.92. The van der Waals surface area contributed by atoms with Gasteiger partial charge in [-0.05, 0) is 24.3 Å². The van der Waals surface area contributed by atoms with Gasteiger partial charge in [0, 0.05) is 5.02 Å². The van der Waals surface area contributed by atoms with E-state index in [1.165, 1.54) is 5.92 Å². The topological polar surface area (TPSA) is 46.5 Å². The summed E-state index contributed by atoms with van der Waals surface area (Å²) in [5, 5.41) is 8.87. The van der Waals surface area contributed by atoms with Crippen LogP contribution in [-0.4, -0.2) is 17.7 Å². The predicted octanol–water partition coefficient (Wildman–Crippen LogP) is 0.428. The molecule has 0 unspecified atom stereocenters. The minimum atomic E-state index is -0.995. The third-order valence-electron chi connectivity index (χ3n) is 1.18. The molecule has 0 aliphatic carbocycles. The zero-order valence-electron chi connectivity index (χ0n) is 10.7. The van der Waals surface area contributed by atoms with Crippen molar-refractivity contribution < 1.29 is 33.5 Å². The number of hydrogen-bond donors (Lipinski definition) is 1. The molecule has 0 amide bonds. The van der Waals surface area contributed by atoms with Crippen LogP contribution in [0.3, 0.4) is 0 Å². The van der Waals surface area contributed by atoms with Crippen LogP contribution in [0.25, 0.3) is 0 Å². The van der Waals surface area contributed by atoms with Crippen LogP contribution in [0.1, 0.15) is 20.8 Å². The molecule has 0 atom stereocenters. The van der Waals surface area contributed by atoms with Crippen molar-refractivity contribution in [2.24, 2.45) is 0 Å². The summed E-state index contributed by atoms with van der Waals surface area (Å²) in [4.78, 5) is 10.1. The van der Waals surface area contributed by atoms with Gasteiger partial charge >= 0.3 is 24.8 Å². The van der Waals surface area contributed by atoms with E-state index in [9.17, 15) is 4.79 Å². The quantitative estimate of drug-likeness (QED) is 0.625. The number of benzene rings is 1. The van der Waals surface area contributed by atoms with E-state index in [4.69, 9.17) is 21.4 Å². The van der Waals surface area contributed by atoms with Gasteiger partial charge in [-0.25, -0.2) is 4.79 Å². The minimum absolute atomic E-state index is 0. The van der Waals surface area contributed by atoms with Crippen LogP contribution >= 0.6 is 11.6 Å². The summed E-state index contributed by atoms with van der Waals surface area (Å²) in [6.07, 6.45) is 0. The van der Waals surface area contributed by atoms with Crippen LogP contribution < -0.4 is 23.6 Å². The Kier molecular flexibility index (Phi) is 11.6. The first-order valence-corrected chi connectivity index (χ1v) is 5.16. The zero-order chi connectivity index (χ0) is 12.6. The molecule has 0 bridgehead atoms. The van der Waals surface area contributed by atoms with Gasteiger partial charge in [0.15, 0.2) is 6.61 Å². The van der Waals surface area contributed by atoms with Crippen molar-refractivity contribution in [1.82, 2.24) is 0 Å². The summed E-state index contributed by atoms with van der Waals surface area (Å²) in [7, 11) is 0. The van der Waals surface area contributed by atoms with Crippen molar-refractivity contribution in [3.05, 3.63) is 35.2 Å². The molecule has 1 aromatic rings. The van der Waals surface area contributed by atoms with Crippen LogP contribution in [0.2, 0.25) is 5.02 Å². The number of carboxylic acid groups (broad SMARTS) is 1. The average molecular weight is 251 g/mol. The number of carboxylic acids is 1. The Bertz CT molecular complexity index is 309. The molecule has 0 aromatic heterocycles. The average Bonchev–Trinajstić information content (AvgIpc) is 2.16. The molecule has 0 saturated heterocycles. The molecule has 0 aliphatic rings. The van der Waals surface area contributed by atoms with Crippen molar-refractivity contribution in [3.63, 3.8) is 0 Å². The van der Waals surface area contributed by atoms with Crippen LogP contribution in [0, 0.1) is 5.92 Å². The van der Waals surface area contributed by atoms with Crippen LogP contribution in [0.4, 0.5) is 0 Å². The number of hydrogen-bond acceptors (Lipinski definition) is 2. The van der Waals surface area contributed by atoms with E-state index in [0.717, 1.165) is 0 Å². The normalized spacial score (nSPS) is 8.76. The van der Waals surface area contributed by atoms with E-state index in [1.807, 2.05) is 0 Å². The minimum Gasteiger partial charge on any atom is -0.482 e. The maximum atomic E-state index is 10.1. The van der Waals surface area contributed by atoms with Gasteiger partial charge in [0.2, 0.25) is 0 Å². The Hall–Kier alpha value is -0.623. The SMILES string of the molecule is C[C-](C)C.O=C(O)COc1ccc(Cl)cc1.[Li+]. The van der Waals surface area contributed by atoms with Gasteiger partial charge < -0.3 is 15.8 Å². The molecule has 90 valence electrons. The van der Waals surface area contributed by atoms with Gasteiger partial charge in [-0.2, -0.15) is 20.8 Å². The fourth-order valence-corrected chi connectivity index (χ4v) is 0.802. The number of carbonyl (C=O) groups is 1. The maximum absolute atomic E-state index is 10.1. The van der Waals surface area contributed by atoms with Crippen LogP contribution in [0.5, 0.6) is 5.75 Å². The van der Waals surface area contributed by atoms with Gasteiger partial charge in [-0.3, -0.25) is 0 Å². The molecule has 0 fully saturated rings. The van der Waals surface area contributed by atoms with E-state index < -0.39 is 5.97 Å². The van der Waals surface area contributed by atoms with Crippen molar-refractivity contribution in [3.8, 4) is 5.75 Å². The first-order chi connectivity index (χ1) is 7.41. The Morgan fingerprint density at radius 2 is 1.71 bits per heavy atom. The van der Waals surface area contributed by atoms with Crippen molar-refractivity contribution in [2.75, 3.05) is 6.61 Å². The molecule has 0 aliphatic heterocycles. The molecule has 1 rings (SSSR count). The van der Waals surface area contributed by atoms with Gasteiger partial charge in [0.05, 0.1) is 0 Å². The van der Waals surface area contributed by atoms with Crippen molar-refractivity contribution in [2.45, 2.75) is 20.8 Å². The van der Waals surface area contributed by atoms with E-state index in [2.05, 4.69) is 20.8 Å². The third kappa shape index (κ3) is 13.3. The molecule has 17 heavy (non-hydrogen) atoms. The fourth-order valence-electron chi connectivity index (χ4n) is 0.676. The van der Waals surface area contributed by atoms with Gasteiger partial charge in [-0.1, -0.05) is 11.6 Å². The molecule has 1 N–H and O–H groups in total. The smallest absolute Gasteiger partial charge is 0.482 e. The first-order valence-electron chi connectivity index (χ1n) is 4.78. The van der Waals surface area contributed by atoms with Crippen molar-refractivity contribution >= 4 is 17.6 Å². The number of aliphatic carboxylic acids is 1. The van der Waals surface area contributed by atoms with Gasteiger partial charge in [-0.15, -0.1) is 0 Å². The summed E-state index contributed by atoms with van der Waals surface area (Å²) in [5.41, 5.74) is 0. The second-order valence-electron chi connectivity index (χ2n) is 3.64. The van der Waals surface area contributed by atoms with Crippen molar-refractivity contribution in [1.29, 1.82) is 0 Å². The molecular formula is C12H16ClLiO3. The Labute approximate surface area is 119 Å². The standard InChI is InChI=1S/C8H7ClO3.C4H9.Li/c9-6-1-3-7(4-2-6)12-5-8(10)11;1-4(2)3;/h1-4H,5H2,(H,10,11);1-3H3;/q;-1;+1. The summed E-state index contributed by atoms with van der Waals surface area (Å²) in [5.74, 6) is 0.923. The monoisotopic (exact) mass is 250 g/mol. The Balaban J connectivity index is 0. The van der Waals surface area contributed by atoms with E-state index in [0.29, 0.717) is 10.8 Å². The van der Waals surface area contributed by atoms with E-state index in [1.54, 1.807) is 24.3 Å². The molecule has 3 nitrogen and oxygen atoms in total. The largest absolute Gasteiger partial charge is 1.00 e. The van der Waals surface area contributed by atoms with Crippen LogP contribution in [-0.2, 0) is 4.79 Å². The third-order valence-corrected chi connectivity index (χ3v) is 1.43. The van der Waals surface area contributed by atoms with E-state index >= 15 is 0 Å². The molecule has 0 heterocycles. The van der Waals surface area contributed by atoms with Gasteiger partial charge in [0.25, 0.3) is 0 Å². The van der Waals surface area contributed by atoms with Crippen LogP contribution in [0.15, 0.2) is 24.3 Å². The Morgan fingerprint density at radius 3 is 2.06 bits per heavy atom. The fraction of sp³-hybridized carbons (Fsp3) is 0.333. The molecule has 5 heteroatoms. The molecule has 0 saturated carbocycles. The first kappa shape index (κ1) is 18.7.